The van der Waals surface area contributed by atoms with Crippen molar-refractivity contribution in [3.05, 3.63) is 60.2 Å². The van der Waals surface area contributed by atoms with Gasteiger partial charge in [-0.2, -0.15) is 0 Å². The van der Waals surface area contributed by atoms with Crippen LogP contribution in [0, 0.1) is 0 Å². The molecule has 35 heavy (non-hydrogen) atoms. The van der Waals surface area contributed by atoms with Crippen molar-refractivity contribution in [2.75, 3.05) is 4.90 Å². The average Bonchev–Trinajstić information content (AvgIpc) is 3.05. The summed E-state index contributed by atoms with van der Waals surface area (Å²) >= 11 is 0. The Bertz CT molecular complexity index is 1020. The molecule has 1 atom stereocenters. The van der Waals surface area contributed by atoms with Gasteiger partial charge in [-0.25, -0.2) is 0 Å². The number of nitrogens with zero attached hydrogens (tertiary/aromatic N) is 1. The topological polar surface area (TPSA) is 67.9 Å². The van der Waals surface area contributed by atoms with Crippen LogP contribution < -0.4 is 15.7 Å². The van der Waals surface area contributed by atoms with E-state index in [-0.39, 0.29) is 17.9 Å². The monoisotopic (exact) mass is 476 g/mol. The molecule has 4 rings (SSSR count). The van der Waals surface area contributed by atoms with Crippen LogP contribution in [-0.4, -0.2) is 36.2 Å². The number of benzene rings is 2. The number of carbonyl (C=O) groups excluding carboxylic acids is 2. The lowest BCUT2D eigenvalue weighted by Crippen LogP contribution is -2.47. The fourth-order valence-corrected chi connectivity index (χ4v) is 4.86. The average molecular weight is 476 g/mol. The molecule has 0 bridgehead atoms. The highest BCUT2D eigenvalue weighted by Crippen LogP contribution is 2.36. The van der Waals surface area contributed by atoms with Crippen LogP contribution in [-0.2, 0) is 18.9 Å². The van der Waals surface area contributed by atoms with Crippen LogP contribution in [0.5, 0.6) is 0 Å². The van der Waals surface area contributed by atoms with Crippen LogP contribution in [0.3, 0.4) is 0 Å². The van der Waals surface area contributed by atoms with Gasteiger partial charge in [0.25, 0.3) is 0 Å². The molecule has 1 aliphatic carbocycles. The molecule has 1 aliphatic heterocycles. The van der Waals surface area contributed by atoms with E-state index in [4.69, 9.17) is 9.31 Å². The molecular weight excluding hydrogens is 439 g/mol. The zero-order valence-corrected chi connectivity index (χ0v) is 21.5. The van der Waals surface area contributed by atoms with Crippen LogP contribution in [0.1, 0.15) is 78.3 Å². The van der Waals surface area contributed by atoms with Crippen molar-refractivity contribution in [3.8, 4) is 0 Å². The number of hydrogen-bond donors (Lipinski definition) is 1. The Hall–Kier alpha value is -2.64. The number of amides is 2. The van der Waals surface area contributed by atoms with E-state index >= 15 is 0 Å². The molecule has 2 aliphatic rings. The molecule has 1 heterocycles. The van der Waals surface area contributed by atoms with Gasteiger partial charge in [0.2, 0.25) is 11.8 Å². The molecule has 0 spiro atoms. The van der Waals surface area contributed by atoms with Crippen LogP contribution in [0.15, 0.2) is 54.6 Å². The maximum Gasteiger partial charge on any atom is 0.494 e. The van der Waals surface area contributed by atoms with Crippen molar-refractivity contribution >= 4 is 30.1 Å². The predicted molar refractivity (Wildman–Crippen MR) is 140 cm³/mol. The molecule has 1 unspecified atom stereocenters. The Morgan fingerprint density at radius 2 is 1.49 bits per heavy atom. The van der Waals surface area contributed by atoms with E-state index in [1.807, 2.05) is 82.3 Å². The number of para-hydroxylation sites is 1. The van der Waals surface area contributed by atoms with Gasteiger partial charge in [0.1, 0.15) is 6.04 Å². The van der Waals surface area contributed by atoms with Crippen molar-refractivity contribution in [1.82, 2.24) is 5.32 Å². The van der Waals surface area contributed by atoms with Gasteiger partial charge < -0.3 is 14.6 Å². The largest absolute Gasteiger partial charge is 0.494 e. The fraction of sp³-hybridized carbons (Fsp3) is 0.500. The van der Waals surface area contributed by atoms with Gasteiger partial charge in [-0.15, -0.1) is 0 Å². The lowest BCUT2D eigenvalue weighted by molar-refractivity contribution is -0.126. The second-order valence-corrected chi connectivity index (χ2v) is 10.7. The lowest BCUT2D eigenvalue weighted by Gasteiger charge is -2.33. The maximum atomic E-state index is 13.7. The number of carbonyl (C=O) groups is 2. The van der Waals surface area contributed by atoms with Crippen LogP contribution in [0.2, 0.25) is 0 Å². The van der Waals surface area contributed by atoms with Crippen molar-refractivity contribution in [1.29, 1.82) is 0 Å². The van der Waals surface area contributed by atoms with Gasteiger partial charge in [0.05, 0.1) is 11.2 Å². The fourth-order valence-electron chi connectivity index (χ4n) is 4.86. The molecule has 6 nitrogen and oxygen atoms in total. The van der Waals surface area contributed by atoms with Crippen molar-refractivity contribution in [2.45, 2.75) is 90.0 Å². The molecule has 2 aromatic carbocycles. The van der Waals surface area contributed by atoms with Crippen LogP contribution in [0.4, 0.5) is 5.69 Å². The minimum atomic E-state index is -0.774. The van der Waals surface area contributed by atoms with E-state index in [0.717, 1.165) is 36.7 Å². The molecular formula is C28H37BN2O4. The third kappa shape index (κ3) is 5.46. The van der Waals surface area contributed by atoms with Gasteiger partial charge in [-0.1, -0.05) is 61.7 Å². The van der Waals surface area contributed by atoms with Gasteiger partial charge in [-0.3, -0.25) is 14.5 Å². The second-order valence-electron chi connectivity index (χ2n) is 10.7. The molecule has 0 radical (unpaired) electrons. The molecule has 7 heteroatoms. The third-order valence-electron chi connectivity index (χ3n) is 7.61. The zero-order valence-electron chi connectivity index (χ0n) is 21.5. The number of anilines is 1. The van der Waals surface area contributed by atoms with Crippen molar-refractivity contribution in [3.63, 3.8) is 0 Å². The Balaban J connectivity index is 1.65. The summed E-state index contributed by atoms with van der Waals surface area (Å²) in [5.74, 6) is -0.339. The minimum absolute atomic E-state index is 0.146. The van der Waals surface area contributed by atoms with Gasteiger partial charge >= 0.3 is 7.12 Å². The summed E-state index contributed by atoms with van der Waals surface area (Å²) in [6, 6.07) is 16.4. The minimum Gasteiger partial charge on any atom is -0.399 e. The predicted octanol–water partition coefficient (Wildman–Crippen LogP) is 4.53. The quantitative estimate of drug-likeness (QED) is 0.623. The molecule has 1 N–H and O–H groups in total. The highest BCUT2D eigenvalue weighted by atomic mass is 16.7. The van der Waals surface area contributed by atoms with Crippen LogP contribution >= 0.6 is 0 Å². The van der Waals surface area contributed by atoms with Crippen molar-refractivity contribution < 1.29 is 18.9 Å². The normalized spacial score (nSPS) is 20.3. The lowest BCUT2D eigenvalue weighted by atomic mass is 9.78. The molecule has 0 aromatic heterocycles. The molecule has 2 amide bonds. The first kappa shape index (κ1) is 25.5. The molecule has 1 saturated carbocycles. The molecule has 2 fully saturated rings. The van der Waals surface area contributed by atoms with E-state index < -0.39 is 24.4 Å². The smallest absolute Gasteiger partial charge is 0.399 e. The summed E-state index contributed by atoms with van der Waals surface area (Å²) in [7, 11) is -0.485. The Kier molecular flexibility index (Phi) is 7.39. The number of rotatable bonds is 6. The summed E-state index contributed by atoms with van der Waals surface area (Å²) in [4.78, 5) is 28.2. The van der Waals surface area contributed by atoms with E-state index in [1.165, 1.54) is 13.3 Å². The molecule has 186 valence electrons. The second kappa shape index (κ2) is 10.2. The third-order valence-corrected chi connectivity index (χ3v) is 7.61. The SMILES string of the molecule is CC(=O)N(c1ccccc1)C(C(=O)NC1CCCCC1)c1ccc(B2OC(C)(C)C(C)(C)O2)cc1. The first-order chi connectivity index (χ1) is 16.6. The number of nitrogens with one attached hydrogen (secondary N) is 1. The maximum absolute atomic E-state index is 13.7. The summed E-state index contributed by atoms with van der Waals surface area (Å²) in [6.45, 7) is 9.61. The first-order valence-electron chi connectivity index (χ1n) is 12.7. The summed E-state index contributed by atoms with van der Waals surface area (Å²) in [5, 5.41) is 3.23. The van der Waals surface area contributed by atoms with Crippen molar-refractivity contribution in [2.24, 2.45) is 0 Å². The van der Waals surface area contributed by atoms with E-state index in [0.29, 0.717) is 5.69 Å². The first-order valence-corrected chi connectivity index (χ1v) is 12.7. The Morgan fingerprint density at radius 3 is 2.03 bits per heavy atom. The Labute approximate surface area is 209 Å². The van der Waals surface area contributed by atoms with Crippen LogP contribution in [0.25, 0.3) is 0 Å². The van der Waals surface area contributed by atoms with Gasteiger partial charge in [0, 0.05) is 18.7 Å². The molecule has 2 aromatic rings. The van der Waals surface area contributed by atoms with E-state index in [1.54, 1.807) is 4.90 Å². The summed E-state index contributed by atoms with van der Waals surface area (Å²) in [6.07, 6.45) is 5.40. The van der Waals surface area contributed by atoms with E-state index in [9.17, 15) is 9.59 Å². The summed E-state index contributed by atoms with van der Waals surface area (Å²) < 4.78 is 12.4. The van der Waals surface area contributed by atoms with E-state index in [2.05, 4.69) is 5.32 Å². The highest BCUT2D eigenvalue weighted by molar-refractivity contribution is 6.62. The van der Waals surface area contributed by atoms with Gasteiger partial charge in [0.15, 0.2) is 0 Å². The standard InChI is InChI=1S/C28H37BN2O4/c1-20(32)31(24-14-10-7-11-15-24)25(26(33)30-23-12-8-6-9-13-23)21-16-18-22(19-17-21)29-34-27(2,3)28(4,5)35-29/h7,10-11,14-19,23,25H,6,8-9,12-13H2,1-5H3,(H,30,33). The molecule has 1 saturated heterocycles. The highest BCUT2D eigenvalue weighted by Gasteiger charge is 2.51. The zero-order chi connectivity index (χ0) is 25.2. The number of hydrogen-bond acceptors (Lipinski definition) is 4. The Morgan fingerprint density at radius 1 is 0.914 bits per heavy atom. The summed E-state index contributed by atoms with van der Waals surface area (Å²) in [5.41, 5.74) is 1.46. The van der Waals surface area contributed by atoms with Gasteiger partial charge in [-0.05, 0) is 63.7 Å².